The lowest BCUT2D eigenvalue weighted by Gasteiger charge is -2.66. The lowest BCUT2D eigenvalue weighted by molar-refractivity contribution is -0.260. The maximum atomic E-state index is 17.8. The maximum absolute atomic E-state index is 17.8. The number of halogens is 3. The van der Waals surface area contributed by atoms with Gasteiger partial charge in [0.25, 0.3) is 5.91 Å². The van der Waals surface area contributed by atoms with Crippen molar-refractivity contribution in [2.45, 2.75) is 63.6 Å². The Bertz CT molecular complexity index is 1400. The number of aliphatic hydroxyl groups is 1. The Kier molecular flexibility index (Phi) is 6.11. The summed E-state index contributed by atoms with van der Waals surface area (Å²) >= 11 is 6.07. The average molecular weight is 591 g/mol. The van der Waals surface area contributed by atoms with Crippen LogP contribution < -0.4 is 10.8 Å². The van der Waals surface area contributed by atoms with Gasteiger partial charge in [-0.2, -0.15) is 0 Å². The molecule has 11 heteroatoms. The number of aliphatic hydroxyl groups excluding tert-OH is 1. The fourth-order valence-corrected chi connectivity index (χ4v) is 9.18. The van der Waals surface area contributed by atoms with Crippen molar-refractivity contribution in [3.05, 3.63) is 53.1 Å². The van der Waals surface area contributed by atoms with Crippen LogP contribution in [-0.4, -0.2) is 59.5 Å². The number of hydroxylamine groups is 1. The van der Waals surface area contributed by atoms with Crippen molar-refractivity contribution in [2.24, 2.45) is 33.8 Å². The third-order valence-corrected chi connectivity index (χ3v) is 11.4. The van der Waals surface area contributed by atoms with Crippen LogP contribution in [0.5, 0.6) is 0 Å². The minimum atomic E-state index is -2.33. The van der Waals surface area contributed by atoms with E-state index in [2.05, 4.69) is 0 Å². The first-order valence-electron chi connectivity index (χ1n) is 13.8. The molecule has 220 valence electrons. The molecule has 41 heavy (non-hydrogen) atoms. The second-order valence-electron chi connectivity index (χ2n) is 12.8. The molecule has 4 fully saturated rings. The number of ether oxygens (including phenoxy) is 1. The molecule has 1 aliphatic heterocycles. The summed E-state index contributed by atoms with van der Waals surface area (Å²) < 4.78 is 39.1. The molecule has 3 saturated carbocycles. The molecule has 6 rings (SSSR count). The summed E-state index contributed by atoms with van der Waals surface area (Å²) in [5, 5.41) is 13.8. The van der Waals surface area contributed by atoms with Crippen LogP contribution in [0.2, 0.25) is 5.02 Å². The summed E-state index contributed by atoms with van der Waals surface area (Å²) in [6, 6.07) is 6.82. The van der Waals surface area contributed by atoms with Gasteiger partial charge in [0.05, 0.1) is 18.3 Å². The van der Waals surface area contributed by atoms with Crippen LogP contribution in [0.1, 0.15) is 40.0 Å². The Morgan fingerprint density at radius 2 is 1.90 bits per heavy atom. The van der Waals surface area contributed by atoms with Gasteiger partial charge in [0.1, 0.15) is 6.17 Å². The van der Waals surface area contributed by atoms with E-state index in [9.17, 15) is 19.5 Å². The zero-order chi connectivity index (χ0) is 29.8. The van der Waals surface area contributed by atoms with Crippen molar-refractivity contribution in [3.63, 3.8) is 0 Å². The number of benzene rings is 1. The third kappa shape index (κ3) is 3.41. The highest BCUT2D eigenvalue weighted by Gasteiger charge is 2.84. The number of fused-ring (bicyclic) bond motifs is 7. The zero-order valence-corrected chi connectivity index (χ0v) is 23.8. The number of allylic oxidation sites excluding steroid dienone is 4. The lowest BCUT2D eigenvalue weighted by Crippen LogP contribution is -2.73. The van der Waals surface area contributed by atoms with Gasteiger partial charge in [-0.1, -0.05) is 31.5 Å². The topological polar surface area (TPSA) is 119 Å². The number of rotatable bonds is 4. The molecule has 0 unspecified atom stereocenters. The number of hydrogen-bond acceptors (Lipinski definition) is 7. The molecule has 0 aromatic heterocycles. The molecule has 4 aliphatic carbocycles. The molecule has 8 nitrogen and oxygen atoms in total. The molecule has 1 heterocycles. The molecule has 5 aliphatic rings. The first-order valence-corrected chi connectivity index (χ1v) is 14.2. The van der Waals surface area contributed by atoms with Crippen molar-refractivity contribution in [1.29, 1.82) is 0 Å². The van der Waals surface area contributed by atoms with E-state index in [1.807, 2.05) is 6.92 Å². The van der Waals surface area contributed by atoms with Gasteiger partial charge < -0.3 is 15.6 Å². The Morgan fingerprint density at radius 3 is 2.56 bits per heavy atom. The van der Waals surface area contributed by atoms with Crippen LogP contribution in [0.4, 0.5) is 14.5 Å². The largest absolute Gasteiger partial charge is 0.453 e. The fraction of sp³-hybridized carbons (Fsp3) is 0.567. The van der Waals surface area contributed by atoms with Crippen LogP contribution in [-0.2, 0) is 24.0 Å². The van der Waals surface area contributed by atoms with Crippen molar-refractivity contribution in [3.8, 4) is 0 Å². The lowest BCUT2D eigenvalue weighted by atomic mass is 9.40. The van der Waals surface area contributed by atoms with Gasteiger partial charge in [-0.25, -0.2) is 13.6 Å². The Morgan fingerprint density at radius 1 is 1.22 bits per heavy atom. The average Bonchev–Trinajstić information content (AvgIpc) is 3.37. The monoisotopic (exact) mass is 590 g/mol. The number of amides is 1. The molecule has 0 radical (unpaired) electrons. The van der Waals surface area contributed by atoms with E-state index >= 15 is 8.78 Å². The van der Waals surface area contributed by atoms with Crippen molar-refractivity contribution < 1.29 is 37.8 Å². The molecule has 9 atom stereocenters. The number of ketones is 1. The molecular weight excluding hydrogens is 558 g/mol. The normalized spacial score (nSPS) is 44.4. The van der Waals surface area contributed by atoms with Crippen LogP contribution in [0.3, 0.4) is 0 Å². The van der Waals surface area contributed by atoms with Crippen LogP contribution in [0, 0.1) is 28.1 Å². The van der Waals surface area contributed by atoms with E-state index in [4.69, 9.17) is 26.9 Å². The molecule has 1 amide bonds. The van der Waals surface area contributed by atoms with E-state index in [0.717, 1.165) is 6.08 Å². The summed E-state index contributed by atoms with van der Waals surface area (Å²) in [6.07, 6.45) is 0.246. The number of esters is 1. The molecule has 0 spiro atoms. The second kappa shape index (κ2) is 8.84. The van der Waals surface area contributed by atoms with E-state index < -0.39 is 75.9 Å². The third-order valence-electron chi connectivity index (χ3n) is 11.1. The van der Waals surface area contributed by atoms with Gasteiger partial charge >= 0.3 is 5.97 Å². The van der Waals surface area contributed by atoms with E-state index in [1.54, 1.807) is 36.3 Å². The van der Waals surface area contributed by atoms with E-state index in [1.165, 1.54) is 19.1 Å². The summed E-state index contributed by atoms with van der Waals surface area (Å²) in [7, 11) is 0. The zero-order valence-electron chi connectivity index (χ0n) is 23.0. The molecule has 0 bridgehead atoms. The summed E-state index contributed by atoms with van der Waals surface area (Å²) in [5.74, 6) is -3.72. The summed E-state index contributed by atoms with van der Waals surface area (Å²) in [6.45, 7) is 4.66. The van der Waals surface area contributed by atoms with E-state index in [0.29, 0.717) is 10.7 Å². The van der Waals surface area contributed by atoms with E-state index in [-0.39, 0.29) is 31.4 Å². The van der Waals surface area contributed by atoms with Crippen LogP contribution in [0.15, 0.2) is 48.1 Å². The second-order valence-corrected chi connectivity index (χ2v) is 13.3. The van der Waals surface area contributed by atoms with Crippen LogP contribution >= 0.6 is 11.6 Å². The van der Waals surface area contributed by atoms with Gasteiger partial charge in [0, 0.05) is 27.7 Å². The number of primary amides is 1. The molecule has 1 aromatic carbocycles. The number of nitrogens with two attached hydrogens (primary N) is 1. The molecule has 1 saturated heterocycles. The minimum Gasteiger partial charge on any atom is -0.453 e. The number of alkyl halides is 2. The smallest absolute Gasteiger partial charge is 0.342 e. The first-order chi connectivity index (χ1) is 19.1. The highest BCUT2D eigenvalue weighted by Crippen LogP contribution is 2.77. The predicted octanol–water partition coefficient (Wildman–Crippen LogP) is 3.79. The SMILES string of the molecule is C[C@]12C[C@H](O)[C@@]3(F)[C@@H](C[C@H](F)C4=CC(=O)C=C[C@@]43C)[C@]1(C)C[C@H]1CN(c3ccc(Cl)cc3)O[C@]12C(=O)OCC(N)=O. The number of anilines is 1. The first kappa shape index (κ1) is 28.3. The maximum Gasteiger partial charge on any atom is 0.342 e. The quantitative estimate of drug-likeness (QED) is 0.512. The number of hydrogen-bond donors (Lipinski definition) is 2. The Balaban J connectivity index is 1.48. The van der Waals surface area contributed by atoms with Gasteiger partial charge in [-0.05, 0) is 73.6 Å². The van der Waals surface area contributed by atoms with Gasteiger partial charge in [0.15, 0.2) is 18.1 Å². The van der Waals surface area contributed by atoms with Crippen molar-refractivity contribution >= 4 is 34.9 Å². The molecule has 3 N–H and O–H groups in total. The summed E-state index contributed by atoms with van der Waals surface area (Å²) in [5.41, 5.74) is -2.03. The van der Waals surface area contributed by atoms with Gasteiger partial charge in [-0.3, -0.25) is 19.5 Å². The van der Waals surface area contributed by atoms with Gasteiger partial charge in [-0.15, -0.1) is 0 Å². The highest BCUT2D eigenvalue weighted by molar-refractivity contribution is 6.30. The summed E-state index contributed by atoms with van der Waals surface area (Å²) in [4.78, 5) is 44.3. The number of carbonyl (C=O) groups excluding carboxylic acids is 3. The Hall–Kier alpha value is -2.82. The van der Waals surface area contributed by atoms with Crippen LogP contribution in [0.25, 0.3) is 0 Å². The fourth-order valence-electron chi connectivity index (χ4n) is 9.05. The predicted molar refractivity (Wildman–Crippen MR) is 145 cm³/mol. The van der Waals surface area contributed by atoms with Crippen molar-refractivity contribution in [1.82, 2.24) is 0 Å². The number of nitrogens with zero attached hydrogens (tertiary/aromatic N) is 1. The van der Waals surface area contributed by atoms with Crippen molar-refractivity contribution in [2.75, 3.05) is 18.2 Å². The Labute approximate surface area is 241 Å². The van der Waals surface area contributed by atoms with Gasteiger partial charge in [0.2, 0.25) is 5.60 Å². The standard InChI is InChI=1S/C30H33ClF2N2O6/c1-26-9-8-19(36)10-20(26)21(32)11-22-27(2)12-16-14-35(18-6-4-17(31)5-7-18)41-30(16,25(39)40-15-24(34)38)28(27,3)13-23(37)29(22,26)33/h4-10,16,21-23,37H,11-15H2,1-3H3,(H2,34,38)/t16-,21-,22-,23-,26-,27-,28-,29-,30-/m0/s1. The minimum absolute atomic E-state index is 0.0222. The molecule has 1 aromatic rings. The highest BCUT2D eigenvalue weighted by atomic mass is 35.5. The number of carbonyl (C=O) groups is 3. The molecular formula is C30H33ClF2N2O6.